The summed E-state index contributed by atoms with van der Waals surface area (Å²) in [4.78, 5) is 4.39. The molecule has 1 aromatic carbocycles. The van der Waals surface area contributed by atoms with Crippen LogP contribution in [-0.4, -0.2) is 36.7 Å². The standard InChI is InChI=1S/C17H17IN6O2S/c18-13-4-6-14(7-5-13)27(25,26)21-12-11-20-16-8-9-17(24-23-16)22-15-3-1-2-10-19-15/h1-10,21H,11-12H2,(H,20,23)(H,19,22,24). The van der Waals surface area contributed by atoms with Crippen LogP contribution in [0.4, 0.5) is 17.5 Å². The molecule has 140 valence electrons. The molecule has 0 saturated carbocycles. The second-order valence-corrected chi connectivity index (χ2v) is 8.43. The highest BCUT2D eigenvalue weighted by atomic mass is 127. The zero-order chi connectivity index (χ0) is 19.1. The van der Waals surface area contributed by atoms with Crippen LogP contribution in [0.2, 0.25) is 0 Å². The molecule has 0 aliphatic carbocycles. The molecule has 0 saturated heterocycles. The van der Waals surface area contributed by atoms with Crippen LogP contribution in [0.15, 0.2) is 65.7 Å². The van der Waals surface area contributed by atoms with Gasteiger partial charge in [0.15, 0.2) is 5.82 Å². The first-order valence-electron chi connectivity index (χ1n) is 8.04. The molecule has 0 radical (unpaired) electrons. The molecule has 0 unspecified atom stereocenters. The smallest absolute Gasteiger partial charge is 0.240 e. The molecule has 2 aromatic heterocycles. The molecule has 3 rings (SSSR count). The van der Waals surface area contributed by atoms with E-state index in [0.717, 1.165) is 3.57 Å². The van der Waals surface area contributed by atoms with Crippen molar-refractivity contribution in [3.05, 3.63) is 64.4 Å². The van der Waals surface area contributed by atoms with E-state index >= 15 is 0 Å². The Hall–Kier alpha value is -2.31. The van der Waals surface area contributed by atoms with Crippen LogP contribution >= 0.6 is 22.6 Å². The molecule has 0 bridgehead atoms. The SMILES string of the molecule is O=S(=O)(NCCNc1ccc(Nc2ccccn2)nn1)c1ccc(I)cc1. The van der Waals surface area contributed by atoms with E-state index in [0.29, 0.717) is 24.0 Å². The number of pyridine rings is 1. The van der Waals surface area contributed by atoms with Gasteiger partial charge in [-0.3, -0.25) is 0 Å². The molecule has 0 aliphatic rings. The van der Waals surface area contributed by atoms with E-state index in [1.54, 1.807) is 42.6 Å². The monoisotopic (exact) mass is 496 g/mol. The molecular formula is C17H17IN6O2S. The fourth-order valence-electron chi connectivity index (χ4n) is 2.13. The highest BCUT2D eigenvalue weighted by Gasteiger charge is 2.12. The topological polar surface area (TPSA) is 109 Å². The first kappa shape index (κ1) is 19.5. The second-order valence-electron chi connectivity index (χ2n) is 5.42. The Morgan fingerprint density at radius 1 is 0.852 bits per heavy atom. The summed E-state index contributed by atoms with van der Waals surface area (Å²) in [7, 11) is -3.52. The van der Waals surface area contributed by atoms with E-state index in [1.807, 2.05) is 18.2 Å². The molecule has 0 fully saturated rings. The summed E-state index contributed by atoms with van der Waals surface area (Å²) < 4.78 is 27.9. The van der Waals surface area contributed by atoms with Crippen LogP contribution in [-0.2, 0) is 10.0 Å². The normalized spacial score (nSPS) is 11.1. The van der Waals surface area contributed by atoms with Crippen molar-refractivity contribution in [2.75, 3.05) is 23.7 Å². The van der Waals surface area contributed by atoms with Gasteiger partial charge in [0, 0.05) is 22.9 Å². The minimum absolute atomic E-state index is 0.226. The first-order chi connectivity index (χ1) is 13.0. The van der Waals surface area contributed by atoms with Gasteiger partial charge in [0.05, 0.1) is 4.90 Å². The number of nitrogens with one attached hydrogen (secondary N) is 3. The van der Waals surface area contributed by atoms with Gasteiger partial charge >= 0.3 is 0 Å². The quantitative estimate of drug-likeness (QED) is 0.325. The van der Waals surface area contributed by atoms with Crippen molar-refractivity contribution < 1.29 is 8.42 Å². The summed E-state index contributed by atoms with van der Waals surface area (Å²) in [5.41, 5.74) is 0. The number of rotatable bonds is 8. The maximum Gasteiger partial charge on any atom is 0.240 e. The molecule has 8 nitrogen and oxygen atoms in total. The molecule has 0 aliphatic heterocycles. The predicted molar refractivity (Wildman–Crippen MR) is 112 cm³/mol. The van der Waals surface area contributed by atoms with Crippen molar-refractivity contribution in [1.82, 2.24) is 19.9 Å². The van der Waals surface area contributed by atoms with Crippen molar-refractivity contribution in [2.45, 2.75) is 4.90 Å². The van der Waals surface area contributed by atoms with Gasteiger partial charge in [-0.05, 0) is 71.1 Å². The fourth-order valence-corrected chi connectivity index (χ4v) is 3.53. The average molecular weight is 496 g/mol. The third-order valence-electron chi connectivity index (χ3n) is 3.43. The van der Waals surface area contributed by atoms with E-state index in [2.05, 4.69) is 53.1 Å². The lowest BCUT2D eigenvalue weighted by Gasteiger charge is -2.09. The summed E-state index contributed by atoms with van der Waals surface area (Å²) >= 11 is 2.13. The number of aromatic nitrogens is 3. The lowest BCUT2D eigenvalue weighted by Crippen LogP contribution is -2.29. The van der Waals surface area contributed by atoms with Gasteiger partial charge in [0.2, 0.25) is 10.0 Å². The molecule has 3 aromatic rings. The number of hydrogen-bond donors (Lipinski definition) is 3. The van der Waals surface area contributed by atoms with Gasteiger partial charge < -0.3 is 10.6 Å². The largest absolute Gasteiger partial charge is 0.367 e. The van der Waals surface area contributed by atoms with E-state index in [4.69, 9.17) is 0 Å². The van der Waals surface area contributed by atoms with Crippen molar-refractivity contribution in [1.29, 1.82) is 0 Å². The zero-order valence-corrected chi connectivity index (χ0v) is 17.1. The maximum atomic E-state index is 12.2. The molecule has 10 heteroatoms. The number of sulfonamides is 1. The molecule has 0 spiro atoms. The zero-order valence-electron chi connectivity index (χ0n) is 14.1. The third kappa shape index (κ3) is 5.84. The van der Waals surface area contributed by atoms with E-state index in [9.17, 15) is 8.42 Å². The Morgan fingerprint density at radius 2 is 1.59 bits per heavy atom. The Bertz CT molecular complexity index is 967. The van der Waals surface area contributed by atoms with E-state index < -0.39 is 10.0 Å². The summed E-state index contributed by atoms with van der Waals surface area (Å²) in [6, 6.07) is 15.7. The summed E-state index contributed by atoms with van der Waals surface area (Å²) in [5, 5.41) is 14.2. The Kier molecular flexibility index (Phi) is 6.53. The van der Waals surface area contributed by atoms with Crippen molar-refractivity contribution >= 4 is 50.1 Å². The van der Waals surface area contributed by atoms with Crippen LogP contribution in [0, 0.1) is 3.57 Å². The lowest BCUT2D eigenvalue weighted by atomic mass is 10.4. The Morgan fingerprint density at radius 3 is 2.26 bits per heavy atom. The van der Waals surface area contributed by atoms with Gasteiger partial charge in [0.1, 0.15) is 11.6 Å². The summed E-state index contributed by atoms with van der Waals surface area (Å²) in [6.07, 6.45) is 1.68. The Balaban J connectivity index is 1.47. The average Bonchev–Trinajstić information content (AvgIpc) is 2.68. The number of nitrogens with zero attached hydrogens (tertiary/aromatic N) is 3. The molecular weight excluding hydrogens is 479 g/mol. The number of hydrogen-bond acceptors (Lipinski definition) is 7. The number of anilines is 3. The van der Waals surface area contributed by atoms with E-state index in [1.165, 1.54) is 0 Å². The van der Waals surface area contributed by atoms with Gasteiger partial charge in [-0.15, -0.1) is 10.2 Å². The van der Waals surface area contributed by atoms with Crippen LogP contribution < -0.4 is 15.4 Å². The maximum absolute atomic E-state index is 12.2. The number of halogens is 1. The van der Waals surface area contributed by atoms with Crippen LogP contribution in [0.25, 0.3) is 0 Å². The summed E-state index contributed by atoms with van der Waals surface area (Å²) in [6.45, 7) is 0.606. The molecule has 0 amide bonds. The highest BCUT2D eigenvalue weighted by molar-refractivity contribution is 14.1. The van der Waals surface area contributed by atoms with Gasteiger partial charge in [0.25, 0.3) is 0 Å². The van der Waals surface area contributed by atoms with E-state index in [-0.39, 0.29) is 11.4 Å². The molecule has 3 N–H and O–H groups in total. The third-order valence-corrected chi connectivity index (χ3v) is 5.63. The number of benzene rings is 1. The second kappa shape index (κ2) is 9.06. The Labute approximate surface area is 171 Å². The van der Waals surface area contributed by atoms with Gasteiger partial charge in [-0.25, -0.2) is 18.1 Å². The van der Waals surface area contributed by atoms with Crippen molar-refractivity contribution in [3.63, 3.8) is 0 Å². The molecule has 2 heterocycles. The first-order valence-corrected chi connectivity index (χ1v) is 10.6. The van der Waals surface area contributed by atoms with Crippen LogP contribution in [0.3, 0.4) is 0 Å². The van der Waals surface area contributed by atoms with Crippen LogP contribution in [0.1, 0.15) is 0 Å². The predicted octanol–water partition coefficient (Wildman–Crippen LogP) is 2.61. The van der Waals surface area contributed by atoms with Crippen LogP contribution in [0.5, 0.6) is 0 Å². The molecule has 27 heavy (non-hydrogen) atoms. The highest BCUT2D eigenvalue weighted by Crippen LogP contribution is 2.13. The minimum atomic E-state index is -3.52. The fraction of sp³-hybridized carbons (Fsp3) is 0.118. The van der Waals surface area contributed by atoms with Crippen molar-refractivity contribution in [2.24, 2.45) is 0 Å². The minimum Gasteiger partial charge on any atom is -0.367 e. The summed E-state index contributed by atoms with van der Waals surface area (Å²) in [5.74, 6) is 1.80. The molecule has 0 atom stereocenters. The van der Waals surface area contributed by atoms with Crippen molar-refractivity contribution in [3.8, 4) is 0 Å². The lowest BCUT2D eigenvalue weighted by molar-refractivity contribution is 0.583. The van der Waals surface area contributed by atoms with Gasteiger partial charge in [-0.2, -0.15) is 0 Å². The van der Waals surface area contributed by atoms with Gasteiger partial charge in [-0.1, -0.05) is 6.07 Å².